The second-order valence-corrected chi connectivity index (χ2v) is 9.51. The number of allylic oxidation sites excluding steroid dienone is 4. The average Bonchev–Trinajstić information content (AvgIpc) is 3.21. The van der Waals surface area contributed by atoms with Gasteiger partial charge in [-0.2, -0.15) is 5.26 Å². The third-order valence-electron chi connectivity index (χ3n) is 6.40. The van der Waals surface area contributed by atoms with E-state index in [1.165, 1.54) is 0 Å². The summed E-state index contributed by atoms with van der Waals surface area (Å²) in [5.74, 6) is -0.190. The van der Waals surface area contributed by atoms with E-state index in [1.807, 2.05) is 0 Å². The molecule has 6 nitrogen and oxygen atoms in total. The van der Waals surface area contributed by atoms with Gasteiger partial charge in [-0.15, -0.1) is 0 Å². The van der Waals surface area contributed by atoms with E-state index in [-0.39, 0.29) is 22.9 Å². The molecule has 0 unspecified atom stereocenters. The normalized spacial score (nSPS) is 24.6. The van der Waals surface area contributed by atoms with Crippen LogP contribution in [-0.4, -0.2) is 56.5 Å². The molecule has 0 N–H and O–H groups in total. The van der Waals surface area contributed by atoms with Gasteiger partial charge in [0.2, 0.25) is 0 Å². The van der Waals surface area contributed by atoms with E-state index in [9.17, 15) is 14.9 Å². The van der Waals surface area contributed by atoms with Crippen LogP contribution in [-0.2, 0) is 19.1 Å². The summed E-state index contributed by atoms with van der Waals surface area (Å²) < 4.78 is 10.5. The van der Waals surface area contributed by atoms with Crippen LogP contribution < -0.4 is 0 Å². The van der Waals surface area contributed by atoms with Crippen LogP contribution in [0.5, 0.6) is 0 Å². The number of likely N-dealkylation sites (tertiary alicyclic amines) is 1. The van der Waals surface area contributed by atoms with E-state index in [4.69, 9.17) is 9.47 Å². The second kappa shape index (κ2) is 9.89. The van der Waals surface area contributed by atoms with Gasteiger partial charge in [-0.25, -0.2) is 0 Å². The van der Waals surface area contributed by atoms with Gasteiger partial charge in [-0.3, -0.25) is 9.59 Å². The molecule has 3 aliphatic rings. The zero-order valence-electron chi connectivity index (χ0n) is 18.6. The Hall–Kier alpha value is -1.97. The Balaban J connectivity index is 1.83. The predicted molar refractivity (Wildman–Crippen MR) is 114 cm³/mol. The average molecular weight is 415 g/mol. The first kappa shape index (κ1) is 22.7. The number of nitrogens with zero attached hydrogens (tertiary/aromatic N) is 2. The van der Waals surface area contributed by atoms with E-state index >= 15 is 0 Å². The smallest absolute Gasteiger partial charge is 0.167 e. The fourth-order valence-corrected chi connectivity index (χ4v) is 4.94. The summed E-state index contributed by atoms with van der Waals surface area (Å²) in [4.78, 5) is 28.4. The Morgan fingerprint density at radius 2 is 1.73 bits per heavy atom. The van der Waals surface area contributed by atoms with Crippen LogP contribution in [0.3, 0.4) is 0 Å². The lowest BCUT2D eigenvalue weighted by Gasteiger charge is -2.38. The molecule has 0 aromatic rings. The van der Waals surface area contributed by atoms with Crippen molar-refractivity contribution in [1.29, 1.82) is 5.26 Å². The molecule has 1 aliphatic heterocycles. The Labute approximate surface area is 179 Å². The minimum atomic E-state index is -0.102. The van der Waals surface area contributed by atoms with Crippen molar-refractivity contribution in [3.8, 4) is 6.07 Å². The zero-order valence-corrected chi connectivity index (χ0v) is 18.6. The first-order valence-electron chi connectivity index (χ1n) is 11.1. The lowest BCUT2D eigenvalue weighted by molar-refractivity contribution is -0.125. The fourth-order valence-electron chi connectivity index (χ4n) is 4.94. The number of hydrogen-bond acceptors (Lipinski definition) is 6. The van der Waals surface area contributed by atoms with Crippen molar-refractivity contribution in [2.75, 3.05) is 40.0 Å². The standard InChI is InChI=1S/C24H34N2O4/c1-24(2)14-18(19(16-25)20(15-24)26-7-4-5-8-26)23-21(27)12-17(13-22(23)28)6-9-30-11-10-29-3/h17H,4-15H2,1-3H3. The van der Waals surface area contributed by atoms with Crippen LogP contribution in [0.25, 0.3) is 0 Å². The van der Waals surface area contributed by atoms with Crippen LogP contribution >= 0.6 is 0 Å². The lowest BCUT2D eigenvalue weighted by Crippen LogP contribution is -2.33. The van der Waals surface area contributed by atoms with E-state index < -0.39 is 0 Å². The molecule has 6 heteroatoms. The first-order chi connectivity index (χ1) is 14.4. The van der Waals surface area contributed by atoms with Crippen molar-refractivity contribution in [3.05, 3.63) is 22.4 Å². The van der Waals surface area contributed by atoms with Crippen molar-refractivity contribution in [3.63, 3.8) is 0 Å². The second-order valence-electron chi connectivity index (χ2n) is 9.51. The van der Waals surface area contributed by atoms with Crippen LogP contribution in [0.1, 0.15) is 58.8 Å². The van der Waals surface area contributed by atoms with Crippen molar-refractivity contribution in [2.24, 2.45) is 11.3 Å². The molecule has 0 bridgehead atoms. The van der Waals surface area contributed by atoms with E-state index in [1.54, 1.807) is 7.11 Å². The number of hydrogen-bond donors (Lipinski definition) is 0. The molecule has 0 atom stereocenters. The molecule has 164 valence electrons. The number of ether oxygens (including phenoxy) is 2. The highest BCUT2D eigenvalue weighted by molar-refractivity contribution is 6.23. The number of carbonyl (C=O) groups excluding carboxylic acids is 2. The van der Waals surface area contributed by atoms with E-state index in [0.29, 0.717) is 62.2 Å². The highest BCUT2D eigenvalue weighted by atomic mass is 16.5. The summed E-state index contributed by atoms with van der Waals surface area (Å²) >= 11 is 0. The maximum Gasteiger partial charge on any atom is 0.167 e. The van der Waals surface area contributed by atoms with E-state index in [2.05, 4.69) is 24.8 Å². The monoisotopic (exact) mass is 414 g/mol. The lowest BCUT2D eigenvalue weighted by atomic mass is 9.69. The third kappa shape index (κ3) is 5.19. The highest BCUT2D eigenvalue weighted by Gasteiger charge is 2.39. The first-order valence-corrected chi connectivity index (χ1v) is 11.1. The minimum absolute atomic E-state index is 0.0149. The molecule has 0 aromatic carbocycles. The molecule has 1 heterocycles. The Morgan fingerprint density at radius 1 is 1.07 bits per heavy atom. The Bertz CT molecular complexity index is 762. The molecule has 2 aliphatic carbocycles. The number of carbonyl (C=O) groups is 2. The van der Waals surface area contributed by atoms with Gasteiger partial charge in [0.1, 0.15) is 6.07 Å². The molecule has 0 amide bonds. The summed E-state index contributed by atoms with van der Waals surface area (Å²) in [5.41, 5.74) is 2.53. The van der Waals surface area contributed by atoms with Crippen LogP contribution in [0, 0.1) is 22.7 Å². The van der Waals surface area contributed by atoms with Gasteiger partial charge in [0, 0.05) is 45.3 Å². The SMILES string of the molecule is COCCOCCC1CC(=O)C(=C2CC(C)(C)CC(N3CCCC3)=C2C#N)C(=O)C1. The molecule has 0 aromatic heterocycles. The summed E-state index contributed by atoms with van der Waals surface area (Å²) in [6, 6.07) is 2.37. The third-order valence-corrected chi connectivity index (χ3v) is 6.40. The highest BCUT2D eigenvalue weighted by Crippen LogP contribution is 2.45. The fraction of sp³-hybridized carbons (Fsp3) is 0.708. The number of rotatable bonds is 7. The van der Waals surface area contributed by atoms with Crippen LogP contribution in [0.15, 0.2) is 22.4 Å². The van der Waals surface area contributed by atoms with Gasteiger partial charge in [0.05, 0.1) is 24.4 Å². The molecule has 2 fully saturated rings. The molecule has 0 spiro atoms. The Morgan fingerprint density at radius 3 is 2.33 bits per heavy atom. The topological polar surface area (TPSA) is 79.6 Å². The van der Waals surface area contributed by atoms with Gasteiger partial charge >= 0.3 is 0 Å². The molecule has 0 radical (unpaired) electrons. The summed E-state index contributed by atoms with van der Waals surface area (Å²) in [6.07, 6.45) is 5.07. The molecular weight excluding hydrogens is 380 g/mol. The van der Waals surface area contributed by atoms with Gasteiger partial charge < -0.3 is 14.4 Å². The van der Waals surface area contributed by atoms with Crippen molar-refractivity contribution in [2.45, 2.75) is 58.8 Å². The molecule has 3 rings (SSSR count). The summed E-state index contributed by atoms with van der Waals surface area (Å²) in [5, 5.41) is 9.99. The van der Waals surface area contributed by atoms with Gasteiger partial charge in [-0.1, -0.05) is 13.8 Å². The number of nitriles is 1. The molecule has 1 saturated carbocycles. The summed E-state index contributed by atoms with van der Waals surface area (Å²) in [7, 11) is 1.63. The minimum Gasteiger partial charge on any atom is -0.382 e. The quantitative estimate of drug-likeness (QED) is 0.360. The zero-order chi connectivity index (χ0) is 21.7. The van der Waals surface area contributed by atoms with Crippen molar-refractivity contribution in [1.82, 2.24) is 4.90 Å². The maximum atomic E-state index is 13.1. The number of methoxy groups -OCH3 is 1. The van der Waals surface area contributed by atoms with Gasteiger partial charge in [-0.05, 0) is 49.0 Å². The predicted octanol–water partition coefficient (Wildman–Crippen LogP) is 3.58. The van der Waals surface area contributed by atoms with E-state index in [0.717, 1.165) is 38.0 Å². The number of Topliss-reactive ketones (excluding diaryl/α,β-unsaturated/α-hetero) is 2. The molecule has 1 saturated heterocycles. The molecule has 30 heavy (non-hydrogen) atoms. The van der Waals surface area contributed by atoms with Crippen LogP contribution in [0.4, 0.5) is 0 Å². The van der Waals surface area contributed by atoms with Crippen LogP contribution in [0.2, 0.25) is 0 Å². The van der Waals surface area contributed by atoms with Gasteiger partial charge in [0.15, 0.2) is 11.6 Å². The van der Waals surface area contributed by atoms with Gasteiger partial charge in [0.25, 0.3) is 0 Å². The van der Waals surface area contributed by atoms with Crippen molar-refractivity contribution >= 4 is 11.6 Å². The largest absolute Gasteiger partial charge is 0.382 e. The Kier molecular flexibility index (Phi) is 7.49. The number of ketones is 2. The maximum absolute atomic E-state index is 13.1. The summed E-state index contributed by atoms with van der Waals surface area (Å²) in [6.45, 7) is 7.81. The molecular formula is C24H34N2O4. The van der Waals surface area contributed by atoms with Crippen molar-refractivity contribution < 1.29 is 19.1 Å².